The predicted molar refractivity (Wildman–Crippen MR) is 71.3 cm³/mol. The monoisotopic (exact) mass is 266 g/mol. The maximum atomic E-state index is 13.0. The zero-order chi connectivity index (χ0) is 13.9. The Morgan fingerprint density at radius 2 is 2.37 bits per heavy atom. The van der Waals surface area contributed by atoms with Crippen molar-refractivity contribution in [3.05, 3.63) is 30.1 Å². The van der Waals surface area contributed by atoms with Gasteiger partial charge in [0.25, 0.3) is 0 Å². The second-order valence-electron chi connectivity index (χ2n) is 5.37. The number of halogens is 1. The highest BCUT2D eigenvalue weighted by atomic mass is 19.1. The zero-order valence-corrected chi connectivity index (χ0v) is 11.0. The SMILES string of the molecule is CC1(O)CCCN(CC(=O)Nc2cccc(F)c2)C1. The quantitative estimate of drug-likeness (QED) is 0.874. The second-order valence-corrected chi connectivity index (χ2v) is 5.37. The Labute approximate surface area is 112 Å². The number of carbonyl (C=O) groups is 1. The van der Waals surface area contributed by atoms with E-state index in [-0.39, 0.29) is 18.3 Å². The lowest BCUT2D eigenvalue weighted by molar-refractivity contribution is -0.118. The van der Waals surface area contributed by atoms with Crippen LogP contribution in [0.15, 0.2) is 24.3 Å². The second kappa shape index (κ2) is 5.67. The van der Waals surface area contributed by atoms with Gasteiger partial charge in [0.2, 0.25) is 5.91 Å². The van der Waals surface area contributed by atoms with Crippen LogP contribution in [-0.2, 0) is 4.79 Å². The number of nitrogens with zero attached hydrogens (tertiary/aromatic N) is 1. The number of carbonyl (C=O) groups excluding carboxylic acids is 1. The summed E-state index contributed by atoms with van der Waals surface area (Å²) in [5.41, 5.74) is -0.272. The Hall–Kier alpha value is -1.46. The van der Waals surface area contributed by atoms with Gasteiger partial charge in [-0.2, -0.15) is 0 Å². The van der Waals surface area contributed by atoms with Crippen molar-refractivity contribution in [3.8, 4) is 0 Å². The van der Waals surface area contributed by atoms with Crippen LogP contribution >= 0.6 is 0 Å². The number of benzene rings is 1. The van der Waals surface area contributed by atoms with Crippen LogP contribution in [0.3, 0.4) is 0 Å². The fourth-order valence-corrected chi connectivity index (χ4v) is 2.43. The molecule has 0 aliphatic carbocycles. The molecular weight excluding hydrogens is 247 g/mol. The Kier molecular flexibility index (Phi) is 4.17. The van der Waals surface area contributed by atoms with E-state index in [0.29, 0.717) is 12.2 Å². The number of β-amino-alcohol motifs (C(OH)–C–C–N with tert-alkyl or cyclic N) is 1. The largest absolute Gasteiger partial charge is 0.389 e. The van der Waals surface area contributed by atoms with Gasteiger partial charge < -0.3 is 10.4 Å². The molecule has 1 atom stereocenters. The van der Waals surface area contributed by atoms with Crippen LogP contribution in [0.4, 0.5) is 10.1 Å². The van der Waals surface area contributed by atoms with Gasteiger partial charge in [0.1, 0.15) is 5.82 Å². The minimum Gasteiger partial charge on any atom is -0.389 e. The van der Waals surface area contributed by atoms with E-state index >= 15 is 0 Å². The third-order valence-corrected chi connectivity index (χ3v) is 3.23. The molecule has 2 rings (SSSR count). The van der Waals surface area contributed by atoms with Gasteiger partial charge >= 0.3 is 0 Å². The highest BCUT2D eigenvalue weighted by Gasteiger charge is 2.29. The van der Waals surface area contributed by atoms with Gasteiger partial charge in [0, 0.05) is 12.2 Å². The minimum absolute atomic E-state index is 0.191. The van der Waals surface area contributed by atoms with E-state index in [1.54, 1.807) is 19.1 Å². The summed E-state index contributed by atoms with van der Waals surface area (Å²) in [6.07, 6.45) is 1.63. The number of hydrogen-bond donors (Lipinski definition) is 2. The molecule has 4 nitrogen and oxygen atoms in total. The molecule has 0 spiro atoms. The standard InChI is InChI=1S/C14H19FN2O2/c1-14(19)6-3-7-17(10-14)9-13(18)16-12-5-2-4-11(15)8-12/h2,4-5,8,19H,3,6-7,9-10H2,1H3,(H,16,18). The zero-order valence-electron chi connectivity index (χ0n) is 11.0. The van der Waals surface area contributed by atoms with Gasteiger partial charge in [0.15, 0.2) is 0 Å². The summed E-state index contributed by atoms with van der Waals surface area (Å²) in [5, 5.41) is 12.6. The number of piperidine rings is 1. The van der Waals surface area contributed by atoms with Gasteiger partial charge in [-0.1, -0.05) is 6.07 Å². The van der Waals surface area contributed by atoms with Crippen molar-refractivity contribution in [2.45, 2.75) is 25.4 Å². The fraction of sp³-hybridized carbons (Fsp3) is 0.500. The fourth-order valence-electron chi connectivity index (χ4n) is 2.43. The number of amides is 1. The van der Waals surface area contributed by atoms with E-state index in [4.69, 9.17) is 0 Å². The number of likely N-dealkylation sites (tertiary alicyclic amines) is 1. The molecular formula is C14H19FN2O2. The van der Waals surface area contributed by atoms with Gasteiger partial charge in [-0.3, -0.25) is 9.69 Å². The molecule has 19 heavy (non-hydrogen) atoms. The molecule has 0 radical (unpaired) electrons. The molecule has 1 saturated heterocycles. The first-order chi connectivity index (χ1) is 8.94. The summed E-state index contributed by atoms with van der Waals surface area (Å²) in [6.45, 7) is 3.28. The Morgan fingerprint density at radius 3 is 3.05 bits per heavy atom. The number of hydrogen-bond acceptors (Lipinski definition) is 3. The lowest BCUT2D eigenvalue weighted by Gasteiger charge is -2.36. The topological polar surface area (TPSA) is 52.6 Å². The Balaban J connectivity index is 1.87. The lowest BCUT2D eigenvalue weighted by Crippen LogP contribution is -2.48. The van der Waals surface area contributed by atoms with Gasteiger partial charge in [0.05, 0.1) is 12.1 Å². The van der Waals surface area contributed by atoms with Crippen LogP contribution in [0.25, 0.3) is 0 Å². The number of anilines is 1. The minimum atomic E-state index is -0.725. The molecule has 2 N–H and O–H groups in total. The third kappa shape index (κ3) is 4.29. The predicted octanol–water partition coefficient (Wildman–Crippen LogP) is 1.61. The highest BCUT2D eigenvalue weighted by Crippen LogP contribution is 2.20. The smallest absolute Gasteiger partial charge is 0.238 e. The molecule has 1 amide bonds. The lowest BCUT2D eigenvalue weighted by atomic mass is 9.95. The van der Waals surface area contributed by atoms with Crippen molar-refractivity contribution in [1.29, 1.82) is 0 Å². The molecule has 1 aromatic carbocycles. The van der Waals surface area contributed by atoms with E-state index in [0.717, 1.165) is 19.4 Å². The van der Waals surface area contributed by atoms with Crippen LogP contribution in [-0.4, -0.2) is 41.1 Å². The molecule has 1 fully saturated rings. The molecule has 1 unspecified atom stereocenters. The first kappa shape index (κ1) is 14.0. The van der Waals surface area contributed by atoms with Crippen LogP contribution < -0.4 is 5.32 Å². The normalized spacial score (nSPS) is 24.2. The summed E-state index contributed by atoms with van der Waals surface area (Å²) < 4.78 is 13.0. The van der Waals surface area contributed by atoms with Crippen LogP contribution in [0.1, 0.15) is 19.8 Å². The van der Waals surface area contributed by atoms with Crippen LogP contribution in [0.2, 0.25) is 0 Å². The molecule has 0 bridgehead atoms. The Morgan fingerprint density at radius 1 is 1.58 bits per heavy atom. The number of aliphatic hydroxyl groups is 1. The molecule has 1 aromatic rings. The maximum absolute atomic E-state index is 13.0. The molecule has 0 saturated carbocycles. The Bertz CT molecular complexity index is 463. The molecule has 1 aliphatic rings. The summed E-state index contributed by atoms with van der Waals surface area (Å²) in [7, 11) is 0. The van der Waals surface area contributed by atoms with Gasteiger partial charge in [-0.25, -0.2) is 4.39 Å². The van der Waals surface area contributed by atoms with E-state index in [1.807, 2.05) is 4.90 Å². The van der Waals surface area contributed by atoms with Crippen molar-refractivity contribution in [2.75, 3.05) is 25.0 Å². The molecule has 1 aliphatic heterocycles. The van der Waals surface area contributed by atoms with Crippen molar-refractivity contribution in [3.63, 3.8) is 0 Å². The van der Waals surface area contributed by atoms with Gasteiger partial charge in [-0.05, 0) is 44.5 Å². The average Bonchev–Trinajstić information content (AvgIpc) is 2.27. The van der Waals surface area contributed by atoms with E-state index in [2.05, 4.69) is 5.32 Å². The van der Waals surface area contributed by atoms with Crippen LogP contribution in [0, 0.1) is 5.82 Å². The van der Waals surface area contributed by atoms with Crippen molar-refractivity contribution in [2.24, 2.45) is 0 Å². The first-order valence-electron chi connectivity index (χ1n) is 6.45. The first-order valence-corrected chi connectivity index (χ1v) is 6.45. The average molecular weight is 266 g/mol. The van der Waals surface area contributed by atoms with Gasteiger partial charge in [-0.15, -0.1) is 0 Å². The van der Waals surface area contributed by atoms with E-state index < -0.39 is 5.60 Å². The van der Waals surface area contributed by atoms with Crippen molar-refractivity contribution in [1.82, 2.24) is 4.90 Å². The summed E-state index contributed by atoms with van der Waals surface area (Å²) in [4.78, 5) is 13.8. The summed E-state index contributed by atoms with van der Waals surface area (Å²) in [6, 6.07) is 5.81. The molecule has 104 valence electrons. The van der Waals surface area contributed by atoms with Crippen molar-refractivity contribution >= 4 is 11.6 Å². The van der Waals surface area contributed by atoms with E-state index in [9.17, 15) is 14.3 Å². The number of nitrogens with one attached hydrogen (secondary N) is 1. The molecule has 0 aromatic heterocycles. The summed E-state index contributed by atoms with van der Waals surface area (Å²) in [5.74, 6) is -0.568. The third-order valence-electron chi connectivity index (χ3n) is 3.23. The van der Waals surface area contributed by atoms with Crippen molar-refractivity contribution < 1.29 is 14.3 Å². The molecule has 5 heteroatoms. The maximum Gasteiger partial charge on any atom is 0.238 e. The summed E-state index contributed by atoms with van der Waals surface area (Å²) >= 11 is 0. The number of rotatable bonds is 3. The molecule has 1 heterocycles. The van der Waals surface area contributed by atoms with E-state index in [1.165, 1.54) is 12.1 Å². The van der Waals surface area contributed by atoms with Crippen LogP contribution in [0.5, 0.6) is 0 Å². The highest BCUT2D eigenvalue weighted by molar-refractivity contribution is 5.92.